The van der Waals surface area contributed by atoms with Gasteiger partial charge in [-0.15, -0.1) is 0 Å². The summed E-state index contributed by atoms with van der Waals surface area (Å²) < 4.78 is 72.4. The summed E-state index contributed by atoms with van der Waals surface area (Å²) in [6.07, 6.45) is 1.08. The summed E-state index contributed by atoms with van der Waals surface area (Å²) in [7, 11) is -5.27. The minimum Gasteiger partial charge on any atom is -0.405 e. The first kappa shape index (κ1) is 31.6. The third-order valence-electron chi connectivity index (χ3n) is 8.67. The molecule has 1 aromatic carbocycles. The SMILES string of the molecule is CC1(C)OB(B2OC(C)(C)C(C)(C)O2)OC1(C)C.CC1(C)OB(c2cc(S(C)(=O)=O)ccc2F)OC1(C)C. The summed E-state index contributed by atoms with van der Waals surface area (Å²) in [6, 6.07) is 3.63. The van der Waals surface area contributed by atoms with Crippen molar-refractivity contribution in [1.82, 2.24) is 0 Å². The second kappa shape index (κ2) is 9.57. The molecule has 0 bridgehead atoms. The average molecular weight is 554 g/mol. The van der Waals surface area contributed by atoms with Crippen LogP contribution in [-0.4, -0.2) is 69.4 Å². The Morgan fingerprint density at radius 3 is 1.24 bits per heavy atom. The van der Waals surface area contributed by atoms with Crippen LogP contribution in [0.25, 0.3) is 0 Å². The number of halogens is 1. The third kappa shape index (κ3) is 5.89. The molecule has 38 heavy (non-hydrogen) atoms. The van der Waals surface area contributed by atoms with Crippen LogP contribution in [0.1, 0.15) is 83.1 Å². The van der Waals surface area contributed by atoms with Gasteiger partial charge in [0, 0.05) is 11.7 Å². The fourth-order valence-corrected chi connectivity index (χ4v) is 4.56. The fraction of sp³-hybridized carbons (Fsp3) is 0.760. The Morgan fingerprint density at radius 1 is 0.605 bits per heavy atom. The van der Waals surface area contributed by atoms with E-state index in [-0.39, 0.29) is 32.8 Å². The van der Waals surface area contributed by atoms with Crippen LogP contribution >= 0.6 is 0 Å². The zero-order valence-electron chi connectivity index (χ0n) is 25.0. The molecule has 212 valence electrons. The molecule has 0 radical (unpaired) electrons. The minimum atomic E-state index is -3.41. The van der Waals surface area contributed by atoms with Crippen LogP contribution in [0.3, 0.4) is 0 Å². The lowest BCUT2D eigenvalue weighted by Crippen LogP contribution is -2.41. The van der Waals surface area contributed by atoms with E-state index in [9.17, 15) is 12.8 Å². The smallest absolute Gasteiger partial charge is 0.405 e. The van der Waals surface area contributed by atoms with Crippen LogP contribution in [0.5, 0.6) is 0 Å². The first-order chi connectivity index (χ1) is 16.8. The topological polar surface area (TPSA) is 89.5 Å². The summed E-state index contributed by atoms with van der Waals surface area (Å²) in [4.78, 5) is 0.0450. The molecule has 13 heteroatoms. The van der Waals surface area contributed by atoms with Crippen LogP contribution in [0.15, 0.2) is 23.1 Å². The zero-order chi connectivity index (χ0) is 29.3. The summed E-state index contributed by atoms with van der Waals surface area (Å²) in [5.41, 5.74) is -2.55. The number of benzene rings is 1. The quantitative estimate of drug-likeness (QED) is 0.413. The third-order valence-corrected chi connectivity index (χ3v) is 9.78. The van der Waals surface area contributed by atoms with Crippen molar-refractivity contribution in [2.45, 2.75) is 122 Å². The molecule has 3 aliphatic heterocycles. The largest absolute Gasteiger partial charge is 0.497 e. The van der Waals surface area contributed by atoms with Gasteiger partial charge in [0.05, 0.1) is 38.5 Å². The van der Waals surface area contributed by atoms with E-state index in [1.54, 1.807) is 0 Å². The Hall–Kier alpha value is -0.945. The van der Waals surface area contributed by atoms with E-state index in [0.29, 0.717) is 0 Å². The maximum Gasteiger partial charge on any atom is 0.497 e. The molecule has 0 aliphatic carbocycles. The molecule has 3 heterocycles. The van der Waals surface area contributed by atoms with Crippen molar-refractivity contribution >= 4 is 36.4 Å². The second-order valence-electron chi connectivity index (χ2n) is 13.3. The molecule has 4 rings (SSSR count). The van der Waals surface area contributed by atoms with Crippen molar-refractivity contribution in [2.75, 3.05) is 6.26 Å². The Bertz CT molecular complexity index is 1090. The maximum absolute atomic E-state index is 14.0. The van der Waals surface area contributed by atoms with Crippen molar-refractivity contribution in [3.8, 4) is 0 Å². The van der Waals surface area contributed by atoms with E-state index in [1.807, 2.05) is 83.1 Å². The van der Waals surface area contributed by atoms with Gasteiger partial charge in [-0.05, 0) is 101 Å². The van der Waals surface area contributed by atoms with Gasteiger partial charge in [0.2, 0.25) is 0 Å². The van der Waals surface area contributed by atoms with Gasteiger partial charge in [-0.1, -0.05) is 0 Å². The van der Waals surface area contributed by atoms with Crippen molar-refractivity contribution in [3.05, 3.63) is 24.0 Å². The molecule has 3 aliphatic rings. The lowest BCUT2D eigenvalue weighted by molar-refractivity contribution is 0.00578. The van der Waals surface area contributed by atoms with E-state index >= 15 is 0 Å². The van der Waals surface area contributed by atoms with Gasteiger partial charge in [-0.3, -0.25) is 0 Å². The minimum absolute atomic E-state index is 0.0450. The lowest BCUT2D eigenvalue weighted by Gasteiger charge is -2.32. The number of hydrogen-bond acceptors (Lipinski definition) is 8. The predicted molar refractivity (Wildman–Crippen MR) is 147 cm³/mol. The molecule has 0 spiro atoms. The van der Waals surface area contributed by atoms with Crippen molar-refractivity contribution in [2.24, 2.45) is 0 Å². The van der Waals surface area contributed by atoms with Crippen LogP contribution in [0.2, 0.25) is 0 Å². The molecule has 1 aromatic rings. The molecule has 0 unspecified atom stereocenters. The Morgan fingerprint density at radius 2 is 0.921 bits per heavy atom. The molecule has 0 aromatic heterocycles. The Kier molecular flexibility index (Phi) is 7.95. The summed E-state index contributed by atoms with van der Waals surface area (Å²) in [6.45, 7) is 23.6. The molecule has 3 saturated heterocycles. The molecule has 0 saturated carbocycles. The Balaban J connectivity index is 0.000000212. The first-order valence-electron chi connectivity index (χ1n) is 12.9. The molecule has 0 atom stereocenters. The molecular weight excluding hydrogens is 512 g/mol. The highest BCUT2D eigenvalue weighted by Gasteiger charge is 2.63. The number of sulfone groups is 1. The van der Waals surface area contributed by atoms with Crippen LogP contribution in [0, 0.1) is 5.82 Å². The number of rotatable bonds is 3. The van der Waals surface area contributed by atoms with E-state index in [4.69, 9.17) is 27.9 Å². The molecule has 0 N–H and O–H groups in total. The highest BCUT2D eigenvalue weighted by atomic mass is 32.2. The molecular formula is C25H42B3FO8S. The Labute approximate surface area is 228 Å². The van der Waals surface area contributed by atoms with E-state index in [0.717, 1.165) is 12.3 Å². The zero-order valence-corrected chi connectivity index (χ0v) is 25.8. The molecule has 3 fully saturated rings. The standard InChI is InChI=1S/C13H18BFO4S.C12H24B2O4/c1-12(2)13(3,4)19-14(18-12)10-8-9(20(5,16)17)6-7-11(10)15;1-9(2)10(3,4)16-13(15-9)14-17-11(5,6)12(7,8)18-14/h6-8H,1-5H3;1-8H3. The van der Waals surface area contributed by atoms with Crippen LogP contribution in [0.4, 0.5) is 4.39 Å². The van der Waals surface area contributed by atoms with Crippen LogP contribution in [-0.2, 0) is 37.8 Å². The highest BCUT2D eigenvalue weighted by Crippen LogP contribution is 2.43. The van der Waals surface area contributed by atoms with Crippen molar-refractivity contribution in [3.63, 3.8) is 0 Å². The molecule has 0 amide bonds. The summed E-state index contributed by atoms with van der Waals surface area (Å²) >= 11 is 0. The fourth-order valence-electron chi connectivity index (χ4n) is 3.90. The first-order valence-corrected chi connectivity index (χ1v) is 14.8. The maximum atomic E-state index is 14.0. The van der Waals surface area contributed by atoms with Crippen molar-refractivity contribution in [1.29, 1.82) is 0 Å². The van der Waals surface area contributed by atoms with Gasteiger partial charge in [-0.2, -0.15) is 0 Å². The van der Waals surface area contributed by atoms with Gasteiger partial charge in [-0.25, -0.2) is 12.8 Å². The van der Waals surface area contributed by atoms with Gasteiger partial charge in [0.1, 0.15) is 5.82 Å². The lowest BCUT2D eigenvalue weighted by atomic mass is 9.49. The van der Waals surface area contributed by atoms with Gasteiger partial charge < -0.3 is 27.9 Å². The number of hydrogen-bond donors (Lipinski definition) is 0. The van der Waals surface area contributed by atoms with Crippen LogP contribution < -0.4 is 5.46 Å². The second-order valence-corrected chi connectivity index (χ2v) is 15.3. The van der Waals surface area contributed by atoms with Gasteiger partial charge in [0.15, 0.2) is 9.84 Å². The highest BCUT2D eigenvalue weighted by molar-refractivity contribution is 7.90. The van der Waals surface area contributed by atoms with E-state index < -0.39 is 48.0 Å². The van der Waals surface area contributed by atoms with Crippen molar-refractivity contribution < 1.29 is 40.7 Å². The monoisotopic (exact) mass is 554 g/mol. The molecule has 8 nitrogen and oxygen atoms in total. The average Bonchev–Trinajstić information content (AvgIpc) is 3.16. The summed E-state index contributed by atoms with van der Waals surface area (Å²) in [5, 5.41) is 0. The normalized spacial score (nSPS) is 26.3. The van der Waals surface area contributed by atoms with E-state index in [2.05, 4.69) is 0 Å². The predicted octanol–water partition coefficient (Wildman–Crippen LogP) is 3.78. The van der Waals surface area contributed by atoms with Gasteiger partial charge in [0.25, 0.3) is 0 Å². The summed E-state index contributed by atoms with van der Waals surface area (Å²) in [5.74, 6) is -0.545. The van der Waals surface area contributed by atoms with E-state index in [1.165, 1.54) is 12.1 Å². The van der Waals surface area contributed by atoms with Gasteiger partial charge >= 0.3 is 21.1 Å².